The largest absolute Gasteiger partial charge is 0.467 e. The summed E-state index contributed by atoms with van der Waals surface area (Å²) in [5, 5.41) is 5.42. The van der Waals surface area contributed by atoms with Gasteiger partial charge in [0, 0.05) is 56.5 Å². The Hall–Kier alpha value is -5.19. The smallest absolute Gasteiger partial charge is 0.258 e. The molecule has 4 amide bonds. The van der Waals surface area contributed by atoms with Gasteiger partial charge >= 0.3 is 0 Å². The van der Waals surface area contributed by atoms with E-state index in [9.17, 15) is 19.2 Å². The molecule has 11 heteroatoms. The predicted octanol–water partition coefficient (Wildman–Crippen LogP) is 3.73. The molecule has 0 spiro atoms. The van der Waals surface area contributed by atoms with Crippen LogP contribution in [0.3, 0.4) is 0 Å². The molecule has 0 radical (unpaired) electrons. The van der Waals surface area contributed by atoms with Gasteiger partial charge in [-0.3, -0.25) is 24.5 Å². The van der Waals surface area contributed by atoms with E-state index in [2.05, 4.69) is 15.6 Å². The summed E-state index contributed by atoms with van der Waals surface area (Å²) in [6.07, 6.45) is 5.91. The minimum absolute atomic E-state index is 0.158. The molecule has 2 aromatic carbocycles. The van der Waals surface area contributed by atoms with Gasteiger partial charge < -0.3 is 24.1 Å². The first-order chi connectivity index (χ1) is 20.4. The zero-order chi connectivity index (χ0) is 29.5. The van der Waals surface area contributed by atoms with Crippen molar-refractivity contribution in [3.05, 3.63) is 90.4 Å². The van der Waals surface area contributed by atoms with E-state index in [-0.39, 0.29) is 18.4 Å². The molecule has 1 fully saturated rings. The normalized spacial score (nSPS) is 13.2. The van der Waals surface area contributed by atoms with Gasteiger partial charge in [0.25, 0.3) is 11.8 Å². The Kier molecular flexibility index (Phi) is 8.76. The van der Waals surface area contributed by atoms with E-state index in [0.717, 1.165) is 30.6 Å². The van der Waals surface area contributed by atoms with Crippen LogP contribution < -0.4 is 15.5 Å². The van der Waals surface area contributed by atoms with Crippen molar-refractivity contribution in [3.63, 3.8) is 0 Å². The number of carbonyl (C=O) groups is 4. The minimum Gasteiger partial charge on any atom is -0.467 e. The van der Waals surface area contributed by atoms with Gasteiger partial charge in [-0.15, -0.1) is 0 Å². The van der Waals surface area contributed by atoms with Crippen molar-refractivity contribution in [2.24, 2.45) is 0 Å². The number of amides is 4. The summed E-state index contributed by atoms with van der Waals surface area (Å²) in [6, 6.07) is 18.0. The van der Waals surface area contributed by atoms with Crippen LogP contribution in [-0.4, -0.2) is 58.2 Å². The Labute approximate surface area is 242 Å². The SMILES string of the molecule is CN(C(=O)c1ccccc1)c1ccc2c(c1)nc(NC(=O)/C=C/C(=O)NCc1ccco1)n2CCCN1CCCC1=O. The lowest BCUT2D eigenvalue weighted by molar-refractivity contribution is -0.127. The van der Waals surface area contributed by atoms with Crippen molar-refractivity contribution >= 4 is 46.3 Å². The summed E-state index contributed by atoms with van der Waals surface area (Å²) in [6.45, 7) is 2.07. The Morgan fingerprint density at radius 2 is 1.83 bits per heavy atom. The molecule has 2 N–H and O–H groups in total. The number of nitrogens with one attached hydrogen (secondary N) is 2. The molecule has 4 aromatic rings. The van der Waals surface area contributed by atoms with Crippen LogP contribution in [0, 0.1) is 0 Å². The van der Waals surface area contributed by atoms with E-state index in [0.29, 0.717) is 54.4 Å². The number of furan rings is 1. The van der Waals surface area contributed by atoms with Crippen molar-refractivity contribution in [1.82, 2.24) is 19.8 Å². The number of fused-ring (bicyclic) bond motifs is 1. The lowest BCUT2D eigenvalue weighted by Crippen LogP contribution is -2.26. The monoisotopic (exact) mass is 568 g/mol. The average molecular weight is 569 g/mol. The quantitative estimate of drug-likeness (QED) is 0.265. The van der Waals surface area contributed by atoms with Gasteiger partial charge in [0.05, 0.1) is 23.8 Å². The Bertz CT molecular complexity index is 1610. The van der Waals surface area contributed by atoms with Crippen molar-refractivity contribution in [2.45, 2.75) is 32.4 Å². The number of aryl methyl sites for hydroxylation is 1. The van der Waals surface area contributed by atoms with Gasteiger partial charge in [-0.25, -0.2) is 4.98 Å². The van der Waals surface area contributed by atoms with Gasteiger partial charge in [-0.2, -0.15) is 0 Å². The maximum atomic E-state index is 13.0. The number of benzene rings is 2. The molecular formula is C31H32N6O5. The van der Waals surface area contributed by atoms with Gasteiger partial charge in [0.15, 0.2) is 0 Å². The third-order valence-electron chi connectivity index (χ3n) is 7.06. The number of imidazole rings is 1. The van der Waals surface area contributed by atoms with E-state index in [1.165, 1.54) is 6.26 Å². The molecule has 0 saturated carbocycles. The number of anilines is 2. The minimum atomic E-state index is -0.522. The average Bonchev–Trinajstić information content (AvgIpc) is 3.75. The molecule has 0 unspecified atom stereocenters. The van der Waals surface area contributed by atoms with E-state index in [1.807, 2.05) is 39.8 Å². The zero-order valence-corrected chi connectivity index (χ0v) is 23.3. The number of likely N-dealkylation sites (tertiary alicyclic amines) is 1. The van der Waals surface area contributed by atoms with Gasteiger partial charge in [0.1, 0.15) is 5.76 Å². The third-order valence-corrected chi connectivity index (χ3v) is 7.06. The van der Waals surface area contributed by atoms with Crippen molar-refractivity contribution in [1.29, 1.82) is 0 Å². The molecule has 1 aliphatic heterocycles. The van der Waals surface area contributed by atoms with Crippen LogP contribution in [0.5, 0.6) is 0 Å². The van der Waals surface area contributed by atoms with E-state index < -0.39 is 11.8 Å². The lowest BCUT2D eigenvalue weighted by Gasteiger charge is -2.18. The second-order valence-corrected chi connectivity index (χ2v) is 9.95. The first kappa shape index (κ1) is 28.3. The van der Waals surface area contributed by atoms with Gasteiger partial charge in [0.2, 0.25) is 17.8 Å². The molecule has 0 aliphatic carbocycles. The highest BCUT2D eigenvalue weighted by atomic mass is 16.3. The topological polar surface area (TPSA) is 130 Å². The number of aromatic nitrogens is 2. The summed E-state index contributed by atoms with van der Waals surface area (Å²) < 4.78 is 7.06. The highest BCUT2D eigenvalue weighted by Crippen LogP contribution is 2.26. The summed E-state index contributed by atoms with van der Waals surface area (Å²) in [5.41, 5.74) is 2.57. The fourth-order valence-corrected chi connectivity index (χ4v) is 4.85. The zero-order valence-electron chi connectivity index (χ0n) is 23.3. The van der Waals surface area contributed by atoms with Crippen LogP contribution in [0.2, 0.25) is 0 Å². The number of rotatable bonds is 11. The maximum absolute atomic E-state index is 13.0. The highest BCUT2D eigenvalue weighted by Gasteiger charge is 2.21. The molecule has 5 rings (SSSR count). The van der Waals surface area contributed by atoms with Crippen LogP contribution in [0.25, 0.3) is 11.0 Å². The van der Waals surface area contributed by atoms with Crippen LogP contribution >= 0.6 is 0 Å². The molecule has 1 saturated heterocycles. The Morgan fingerprint density at radius 3 is 2.57 bits per heavy atom. The van der Waals surface area contributed by atoms with Crippen molar-refractivity contribution < 1.29 is 23.6 Å². The summed E-state index contributed by atoms with van der Waals surface area (Å²) >= 11 is 0. The Balaban J connectivity index is 1.33. The standard InChI is InChI=1S/C31H32N6O5/c1-35(30(41)22-8-3-2-4-9-22)23-12-13-26-25(20-23)33-31(37(26)18-7-17-36-16-5-11-29(36)40)34-28(39)15-14-27(38)32-21-24-10-6-19-42-24/h2-4,6,8-10,12-15,19-20H,5,7,11,16-18,21H2,1H3,(H,32,38)(H,33,34,39)/b15-14+. The summed E-state index contributed by atoms with van der Waals surface area (Å²) in [7, 11) is 1.70. The molecule has 0 bridgehead atoms. The van der Waals surface area contributed by atoms with E-state index in [1.54, 1.807) is 42.3 Å². The molecule has 3 heterocycles. The van der Waals surface area contributed by atoms with Gasteiger partial charge in [-0.05, 0) is 55.3 Å². The fraction of sp³-hybridized carbons (Fsp3) is 0.258. The highest BCUT2D eigenvalue weighted by molar-refractivity contribution is 6.07. The van der Waals surface area contributed by atoms with E-state index >= 15 is 0 Å². The predicted molar refractivity (Wildman–Crippen MR) is 158 cm³/mol. The summed E-state index contributed by atoms with van der Waals surface area (Å²) in [5.74, 6) is -0.0652. The van der Waals surface area contributed by atoms with Gasteiger partial charge in [-0.1, -0.05) is 18.2 Å². The molecule has 1 aliphatic rings. The molecule has 216 valence electrons. The first-order valence-corrected chi connectivity index (χ1v) is 13.8. The van der Waals surface area contributed by atoms with Crippen molar-refractivity contribution in [3.8, 4) is 0 Å². The molecule has 2 aromatic heterocycles. The van der Waals surface area contributed by atoms with Crippen LogP contribution in [-0.2, 0) is 27.5 Å². The fourth-order valence-electron chi connectivity index (χ4n) is 4.85. The lowest BCUT2D eigenvalue weighted by atomic mass is 10.2. The molecule has 11 nitrogen and oxygen atoms in total. The van der Waals surface area contributed by atoms with Crippen LogP contribution in [0.1, 0.15) is 35.4 Å². The second kappa shape index (κ2) is 13.0. The molecule has 42 heavy (non-hydrogen) atoms. The number of hydrogen-bond acceptors (Lipinski definition) is 6. The molecular weight excluding hydrogens is 536 g/mol. The Morgan fingerprint density at radius 1 is 1.02 bits per heavy atom. The molecule has 0 atom stereocenters. The van der Waals surface area contributed by atoms with Crippen LogP contribution in [0.4, 0.5) is 11.6 Å². The van der Waals surface area contributed by atoms with Crippen molar-refractivity contribution in [2.75, 3.05) is 30.4 Å². The third kappa shape index (κ3) is 6.74. The summed E-state index contributed by atoms with van der Waals surface area (Å²) in [4.78, 5) is 58.0. The second-order valence-electron chi connectivity index (χ2n) is 9.95. The first-order valence-electron chi connectivity index (χ1n) is 13.8. The van der Waals surface area contributed by atoms with Crippen LogP contribution in [0.15, 0.2) is 83.5 Å². The number of carbonyl (C=O) groups excluding carboxylic acids is 4. The number of nitrogens with zero attached hydrogens (tertiary/aromatic N) is 4. The number of hydrogen-bond donors (Lipinski definition) is 2. The maximum Gasteiger partial charge on any atom is 0.258 e. The van der Waals surface area contributed by atoms with E-state index in [4.69, 9.17) is 4.42 Å².